The van der Waals surface area contributed by atoms with Crippen LogP contribution in [0.1, 0.15) is 11.1 Å². The Balaban J connectivity index is 3.16. The van der Waals surface area contributed by atoms with Gasteiger partial charge in [0.05, 0.1) is 10.0 Å². The molecule has 0 spiro atoms. The van der Waals surface area contributed by atoms with E-state index in [1.807, 2.05) is 0 Å². The summed E-state index contributed by atoms with van der Waals surface area (Å²) in [7, 11) is 0. The Labute approximate surface area is 167 Å². The molecule has 0 aliphatic heterocycles. The first-order chi connectivity index (χ1) is 12.2. The van der Waals surface area contributed by atoms with Crippen LogP contribution < -0.4 is 0 Å². The average molecular weight is 474 g/mol. The van der Waals surface area contributed by atoms with Gasteiger partial charge in [0.15, 0.2) is 5.75 Å². The van der Waals surface area contributed by atoms with Crippen molar-refractivity contribution >= 4 is 46.4 Å². The third-order valence-corrected chi connectivity index (χ3v) is 5.45. The molecular formula is C15H6Cl4F6O2. The first-order valence-corrected chi connectivity index (χ1v) is 8.17. The Hall–Kier alpha value is -1.22. The van der Waals surface area contributed by atoms with Gasteiger partial charge >= 0.3 is 12.4 Å². The summed E-state index contributed by atoms with van der Waals surface area (Å²) in [5.41, 5.74) is -7.78. The molecule has 2 aromatic carbocycles. The molecule has 2 N–H and O–H groups in total. The minimum Gasteiger partial charge on any atom is -0.508 e. The molecule has 0 aliphatic carbocycles. The van der Waals surface area contributed by atoms with Gasteiger partial charge in [0.2, 0.25) is 5.41 Å². The lowest BCUT2D eigenvalue weighted by molar-refractivity contribution is -0.288. The topological polar surface area (TPSA) is 40.5 Å². The second kappa shape index (κ2) is 6.99. The monoisotopic (exact) mass is 472 g/mol. The van der Waals surface area contributed by atoms with Crippen LogP contribution in [0.2, 0.25) is 20.1 Å². The minimum atomic E-state index is -6.01. The molecule has 0 saturated carbocycles. The summed E-state index contributed by atoms with van der Waals surface area (Å²) in [4.78, 5) is 0. The predicted octanol–water partition coefficient (Wildman–Crippen LogP) is 7.12. The van der Waals surface area contributed by atoms with Gasteiger partial charge in [-0.3, -0.25) is 0 Å². The molecule has 2 nitrogen and oxygen atoms in total. The first-order valence-electron chi connectivity index (χ1n) is 6.66. The van der Waals surface area contributed by atoms with E-state index in [0.717, 1.165) is 0 Å². The van der Waals surface area contributed by atoms with Crippen LogP contribution >= 0.6 is 46.4 Å². The maximum absolute atomic E-state index is 14.0. The molecule has 2 rings (SSSR count). The summed E-state index contributed by atoms with van der Waals surface area (Å²) in [5.74, 6) is -1.64. The van der Waals surface area contributed by atoms with Crippen LogP contribution in [-0.4, -0.2) is 22.6 Å². The van der Waals surface area contributed by atoms with Gasteiger partial charge in [-0.15, -0.1) is 0 Å². The molecular weight excluding hydrogens is 468 g/mol. The number of halogens is 10. The highest BCUT2D eigenvalue weighted by molar-refractivity contribution is 6.49. The van der Waals surface area contributed by atoms with Crippen LogP contribution in [0.5, 0.6) is 11.5 Å². The third-order valence-electron chi connectivity index (χ3n) is 3.77. The van der Waals surface area contributed by atoms with Crippen molar-refractivity contribution in [2.75, 3.05) is 0 Å². The Bertz CT molecular complexity index is 835. The second-order valence-electron chi connectivity index (χ2n) is 5.27. The van der Waals surface area contributed by atoms with Gasteiger partial charge in [-0.2, -0.15) is 26.3 Å². The van der Waals surface area contributed by atoms with Crippen LogP contribution in [0, 0.1) is 0 Å². The fourth-order valence-electron chi connectivity index (χ4n) is 2.58. The lowest BCUT2D eigenvalue weighted by Gasteiger charge is -2.39. The summed E-state index contributed by atoms with van der Waals surface area (Å²) >= 11 is 22.5. The third kappa shape index (κ3) is 3.26. The van der Waals surface area contributed by atoms with Crippen LogP contribution in [0.3, 0.4) is 0 Å². The summed E-state index contributed by atoms with van der Waals surface area (Å²) in [5, 5.41) is 14.3. The van der Waals surface area contributed by atoms with Crippen molar-refractivity contribution in [2.24, 2.45) is 0 Å². The highest BCUT2D eigenvalue weighted by atomic mass is 35.5. The number of phenolic OH excluding ortho intramolecular Hbond substituents is 2. The highest BCUT2D eigenvalue weighted by Gasteiger charge is 2.74. The van der Waals surface area contributed by atoms with E-state index >= 15 is 0 Å². The van der Waals surface area contributed by atoms with Crippen LogP contribution in [0.15, 0.2) is 24.3 Å². The van der Waals surface area contributed by atoms with Crippen LogP contribution in [0.25, 0.3) is 0 Å². The number of rotatable bonds is 2. The fraction of sp³-hybridized carbons (Fsp3) is 0.200. The summed E-state index contributed by atoms with van der Waals surface area (Å²) in [6.07, 6.45) is -12.0. The van der Waals surface area contributed by atoms with Gasteiger partial charge in [-0.05, 0) is 17.7 Å². The van der Waals surface area contributed by atoms with Crippen LogP contribution in [0.4, 0.5) is 26.3 Å². The number of hydrogen-bond donors (Lipinski definition) is 2. The standard InChI is InChI=1S/C15H6Cl4F6O2/c16-8-7(9(17)11(19)12(27)10(8)18)13(14(20,21)22,15(23,24)25)5-1-3-6(26)4-2-5/h1-4,26-27H. The van der Waals surface area contributed by atoms with E-state index in [-0.39, 0.29) is 0 Å². The number of hydrogen-bond acceptors (Lipinski definition) is 2. The lowest BCUT2D eigenvalue weighted by atomic mass is 9.72. The zero-order chi connectivity index (χ0) is 20.9. The SMILES string of the molecule is Oc1ccc(C(c2c(Cl)c(Cl)c(O)c(Cl)c2Cl)(C(F)(F)F)C(F)(F)F)cc1. The normalized spacial score (nSPS) is 13.1. The average Bonchev–Trinajstić information content (AvgIpc) is 2.54. The smallest absolute Gasteiger partial charge is 0.411 e. The van der Waals surface area contributed by atoms with Crippen molar-refractivity contribution in [1.82, 2.24) is 0 Å². The van der Waals surface area contributed by atoms with E-state index < -0.39 is 60.5 Å². The maximum atomic E-state index is 14.0. The Kier molecular flexibility index (Phi) is 5.71. The van der Waals surface area contributed by atoms with Gasteiger partial charge in [-0.1, -0.05) is 58.5 Å². The molecule has 148 valence electrons. The molecule has 0 amide bonds. The fourth-order valence-corrected chi connectivity index (χ4v) is 3.70. The van der Waals surface area contributed by atoms with Gasteiger partial charge in [-0.25, -0.2) is 0 Å². The van der Waals surface area contributed by atoms with Crippen LogP contribution in [-0.2, 0) is 5.41 Å². The Morgan fingerprint density at radius 1 is 0.630 bits per heavy atom. The van der Waals surface area contributed by atoms with E-state index in [1.165, 1.54) is 0 Å². The van der Waals surface area contributed by atoms with E-state index in [1.54, 1.807) is 0 Å². The van der Waals surface area contributed by atoms with Gasteiger partial charge < -0.3 is 10.2 Å². The Morgan fingerprint density at radius 2 is 1.00 bits per heavy atom. The summed E-state index contributed by atoms with van der Waals surface area (Å²) in [6, 6.07) is 2.09. The van der Waals surface area contributed by atoms with E-state index in [2.05, 4.69) is 0 Å². The van der Waals surface area contributed by atoms with E-state index in [0.29, 0.717) is 24.3 Å². The zero-order valence-corrected chi connectivity index (χ0v) is 15.5. The van der Waals surface area contributed by atoms with Crippen molar-refractivity contribution < 1.29 is 36.6 Å². The summed E-state index contributed by atoms with van der Waals surface area (Å²) < 4.78 is 84.1. The largest absolute Gasteiger partial charge is 0.508 e. The van der Waals surface area contributed by atoms with E-state index in [9.17, 15) is 36.6 Å². The number of benzene rings is 2. The van der Waals surface area contributed by atoms with Crippen molar-refractivity contribution in [3.8, 4) is 11.5 Å². The second-order valence-corrected chi connectivity index (χ2v) is 6.78. The highest BCUT2D eigenvalue weighted by Crippen LogP contribution is 2.62. The van der Waals surface area contributed by atoms with Gasteiger partial charge in [0.1, 0.15) is 15.8 Å². The molecule has 0 saturated heterocycles. The molecule has 27 heavy (non-hydrogen) atoms. The molecule has 0 radical (unpaired) electrons. The molecule has 12 heteroatoms. The van der Waals surface area contributed by atoms with Crippen molar-refractivity contribution in [3.05, 3.63) is 55.5 Å². The maximum Gasteiger partial charge on any atom is 0.411 e. The Morgan fingerprint density at radius 3 is 1.33 bits per heavy atom. The van der Waals surface area contributed by atoms with E-state index in [4.69, 9.17) is 46.4 Å². The lowest BCUT2D eigenvalue weighted by Crippen LogP contribution is -2.55. The molecule has 0 atom stereocenters. The van der Waals surface area contributed by atoms with Gasteiger partial charge in [0, 0.05) is 5.56 Å². The minimum absolute atomic E-state index is 0.414. The molecule has 0 heterocycles. The number of phenols is 2. The number of alkyl halides is 6. The molecule has 0 bridgehead atoms. The van der Waals surface area contributed by atoms with Crippen molar-refractivity contribution in [1.29, 1.82) is 0 Å². The molecule has 0 unspecified atom stereocenters. The molecule has 0 fully saturated rings. The van der Waals surface area contributed by atoms with Crippen molar-refractivity contribution in [2.45, 2.75) is 17.8 Å². The number of aromatic hydroxyl groups is 2. The quantitative estimate of drug-likeness (QED) is 0.360. The van der Waals surface area contributed by atoms with Crippen molar-refractivity contribution in [3.63, 3.8) is 0 Å². The van der Waals surface area contributed by atoms with Gasteiger partial charge in [0.25, 0.3) is 0 Å². The molecule has 2 aromatic rings. The summed E-state index contributed by atoms with van der Waals surface area (Å²) in [6.45, 7) is 0. The zero-order valence-electron chi connectivity index (χ0n) is 12.5. The first kappa shape index (κ1) is 22.1. The predicted molar refractivity (Wildman–Crippen MR) is 89.1 cm³/mol. The molecule has 0 aromatic heterocycles. The molecule has 0 aliphatic rings.